The van der Waals surface area contributed by atoms with Crippen molar-refractivity contribution in [3.63, 3.8) is 0 Å². The summed E-state index contributed by atoms with van der Waals surface area (Å²) in [6, 6.07) is 12.8. The Bertz CT molecular complexity index is 1190. The number of carbonyl (C=O) groups excluding carboxylic acids is 2. The van der Waals surface area contributed by atoms with Crippen LogP contribution in [0.15, 0.2) is 42.5 Å². The molecule has 0 spiro atoms. The van der Waals surface area contributed by atoms with Crippen LogP contribution in [-0.4, -0.2) is 50.0 Å². The lowest BCUT2D eigenvalue weighted by atomic mass is 10.1. The molecule has 0 radical (unpaired) electrons. The molecule has 0 aromatic heterocycles. The van der Waals surface area contributed by atoms with Crippen LogP contribution in [0.3, 0.4) is 0 Å². The summed E-state index contributed by atoms with van der Waals surface area (Å²) in [5.41, 5.74) is 4.08. The van der Waals surface area contributed by atoms with Crippen LogP contribution in [0.4, 0.5) is 5.69 Å². The number of hydrogen-bond acceptors (Lipinski definition) is 4. The highest BCUT2D eigenvalue weighted by Gasteiger charge is 2.33. The molecular formula is C28H39N3O4S. The molecule has 1 atom stereocenters. The number of anilines is 1. The number of carbonyl (C=O) groups is 2. The van der Waals surface area contributed by atoms with E-state index in [9.17, 15) is 18.0 Å². The van der Waals surface area contributed by atoms with Crippen LogP contribution >= 0.6 is 0 Å². The molecule has 0 heterocycles. The van der Waals surface area contributed by atoms with Gasteiger partial charge in [0.25, 0.3) is 0 Å². The largest absolute Gasteiger partial charge is 0.352 e. The van der Waals surface area contributed by atoms with Gasteiger partial charge in [-0.3, -0.25) is 13.9 Å². The van der Waals surface area contributed by atoms with Gasteiger partial charge in [-0.05, 0) is 62.8 Å². The van der Waals surface area contributed by atoms with E-state index in [4.69, 9.17) is 0 Å². The zero-order valence-electron chi connectivity index (χ0n) is 22.1. The van der Waals surface area contributed by atoms with Crippen molar-refractivity contribution in [1.82, 2.24) is 10.2 Å². The molecule has 3 rings (SSSR count). The van der Waals surface area contributed by atoms with E-state index in [-0.39, 0.29) is 25.0 Å². The van der Waals surface area contributed by atoms with Gasteiger partial charge >= 0.3 is 0 Å². The first-order chi connectivity index (χ1) is 17.0. The maximum absolute atomic E-state index is 13.8. The van der Waals surface area contributed by atoms with E-state index in [1.165, 1.54) is 0 Å². The number of aryl methyl sites for hydroxylation is 3. The minimum Gasteiger partial charge on any atom is -0.352 e. The van der Waals surface area contributed by atoms with Crippen molar-refractivity contribution < 1.29 is 18.0 Å². The second-order valence-corrected chi connectivity index (χ2v) is 11.9. The number of nitrogens with zero attached hydrogens (tertiary/aromatic N) is 2. The summed E-state index contributed by atoms with van der Waals surface area (Å²) in [4.78, 5) is 28.7. The number of sulfonamides is 1. The summed E-state index contributed by atoms with van der Waals surface area (Å²) in [7, 11) is -3.75. The van der Waals surface area contributed by atoms with Gasteiger partial charge in [0, 0.05) is 12.6 Å². The predicted octanol–water partition coefficient (Wildman–Crippen LogP) is 4.24. The average Bonchev–Trinajstić information content (AvgIpc) is 3.31. The van der Waals surface area contributed by atoms with Gasteiger partial charge in [0.05, 0.1) is 11.9 Å². The predicted molar refractivity (Wildman–Crippen MR) is 144 cm³/mol. The SMILES string of the molecule is CCC(C(=O)NC1CCCC1)N(Cc1cccc(C)c1)C(=O)CN(c1cc(C)ccc1C)S(C)(=O)=O. The van der Waals surface area contributed by atoms with Gasteiger partial charge in [0.2, 0.25) is 21.8 Å². The lowest BCUT2D eigenvalue weighted by Crippen LogP contribution is -2.53. The van der Waals surface area contributed by atoms with Crippen molar-refractivity contribution in [3.8, 4) is 0 Å². The van der Waals surface area contributed by atoms with E-state index in [0.717, 1.165) is 58.5 Å². The Morgan fingerprint density at radius 1 is 1.03 bits per heavy atom. The van der Waals surface area contributed by atoms with E-state index in [2.05, 4.69) is 5.32 Å². The second kappa shape index (κ2) is 11.9. The number of hydrogen-bond donors (Lipinski definition) is 1. The molecule has 1 fully saturated rings. The molecule has 8 heteroatoms. The zero-order chi connectivity index (χ0) is 26.5. The highest BCUT2D eigenvalue weighted by molar-refractivity contribution is 7.92. The van der Waals surface area contributed by atoms with Crippen molar-refractivity contribution in [2.75, 3.05) is 17.1 Å². The average molecular weight is 514 g/mol. The zero-order valence-corrected chi connectivity index (χ0v) is 22.9. The Morgan fingerprint density at radius 2 is 1.69 bits per heavy atom. The van der Waals surface area contributed by atoms with Gasteiger partial charge in [0.1, 0.15) is 12.6 Å². The Morgan fingerprint density at radius 3 is 2.31 bits per heavy atom. The van der Waals surface area contributed by atoms with Crippen molar-refractivity contribution in [2.45, 2.75) is 78.4 Å². The van der Waals surface area contributed by atoms with Crippen LogP contribution in [-0.2, 0) is 26.2 Å². The highest BCUT2D eigenvalue weighted by Crippen LogP contribution is 2.25. The first kappa shape index (κ1) is 27.7. The Kier molecular flexibility index (Phi) is 9.17. The molecule has 2 aromatic carbocycles. The van der Waals surface area contributed by atoms with E-state index in [1.54, 1.807) is 11.0 Å². The van der Waals surface area contributed by atoms with Gasteiger partial charge < -0.3 is 10.2 Å². The quantitative estimate of drug-likeness (QED) is 0.515. The third-order valence-corrected chi connectivity index (χ3v) is 7.96. The first-order valence-electron chi connectivity index (χ1n) is 12.7. The number of nitrogens with one attached hydrogen (secondary N) is 1. The van der Waals surface area contributed by atoms with Gasteiger partial charge in [-0.15, -0.1) is 0 Å². The van der Waals surface area contributed by atoms with Crippen LogP contribution in [0.1, 0.15) is 61.3 Å². The molecule has 0 aliphatic heterocycles. The van der Waals surface area contributed by atoms with Crippen molar-refractivity contribution >= 4 is 27.5 Å². The lowest BCUT2D eigenvalue weighted by Gasteiger charge is -2.33. The Balaban J connectivity index is 1.95. The van der Waals surface area contributed by atoms with Crippen molar-refractivity contribution in [2.24, 2.45) is 0 Å². The summed E-state index contributed by atoms with van der Waals surface area (Å²) < 4.78 is 26.8. The summed E-state index contributed by atoms with van der Waals surface area (Å²) in [5.74, 6) is -0.584. The molecule has 1 aliphatic rings. The smallest absolute Gasteiger partial charge is 0.244 e. The maximum atomic E-state index is 13.8. The second-order valence-electron chi connectivity index (χ2n) is 9.98. The molecule has 1 N–H and O–H groups in total. The van der Waals surface area contributed by atoms with Gasteiger partial charge in [0.15, 0.2) is 0 Å². The third-order valence-electron chi connectivity index (χ3n) is 6.84. The number of amides is 2. The van der Waals surface area contributed by atoms with Crippen LogP contribution < -0.4 is 9.62 Å². The molecule has 1 unspecified atom stereocenters. The Hall–Kier alpha value is -2.87. The van der Waals surface area contributed by atoms with Crippen molar-refractivity contribution in [1.29, 1.82) is 0 Å². The summed E-state index contributed by atoms with van der Waals surface area (Å²) in [6.45, 7) is 7.42. The fraction of sp³-hybridized carbons (Fsp3) is 0.500. The van der Waals surface area contributed by atoms with Gasteiger partial charge in [-0.25, -0.2) is 8.42 Å². The monoisotopic (exact) mass is 513 g/mol. The molecule has 196 valence electrons. The van der Waals surface area contributed by atoms with E-state index < -0.39 is 22.0 Å². The van der Waals surface area contributed by atoms with Crippen molar-refractivity contribution in [3.05, 3.63) is 64.7 Å². The minimum absolute atomic E-state index is 0.130. The van der Waals surface area contributed by atoms with E-state index in [0.29, 0.717) is 12.1 Å². The summed E-state index contributed by atoms with van der Waals surface area (Å²) >= 11 is 0. The molecule has 2 aromatic rings. The molecule has 1 saturated carbocycles. The molecule has 2 amide bonds. The first-order valence-corrected chi connectivity index (χ1v) is 14.5. The van der Waals surface area contributed by atoms with E-state index >= 15 is 0 Å². The fourth-order valence-corrected chi connectivity index (χ4v) is 5.78. The summed E-state index contributed by atoms with van der Waals surface area (Å²) in [6.07, 6.45) is 5.61. The third kappa shape index (κ3) is 7.09. The molecule has 0 saturated heterocycles. The topological polar surface area (TPSA) is 86.8 Å². The summed E-state index contributed by atoms with van der Waals surface area (Å²) in [5, 5.41) is 3.13. The van der Waals surface area contributed by atoms with Crippen LogP contribution in [0, 0.1) is 20.8 Å². The minimum atomic E-state index is -3.75. The Labute approximate surface area is 215 Å². The maximum Gasteiger partial charge on any atom is 0.244 e. The molecule has 1 aliphatic carbocycles. The lowest BCUT2D eigenvalue weighted by molar-refractivity contribution is -0.140. The molecule has 0 bridgehead atoms. The van der Waals surface area contributed by atoms with Gasteiger partial charge in [-0.1, -0.05) is 61.7 Å². The number of rotatable bonds is 10. The van der Waals surface area contributed by atoms with Crippen LogP contribution in [0.5, 0.6) is 0 Å². The normalized spacial score (nSPS) is 14.9. The fourth-order valence-electron chi connectivity index (χ4n) is 4.88. The van der Waals surface area contributed by atoms with Gasteiger partial charge in [-0.2, -0.15) is 0 Å². The highest BCUT2D eigenvalue weighted by atomic mass is 32.2. The number of benzene rings is 2. The molecule has 7 nitrogen and oxygen atoms in total. The molecular weight excluding hydrogens is 474 g/mol. The van der Waals surface area contributed by atoms with E-state index in [1.807, 2.05) is 64.1 Å². The van der Waals surface area contributed by atoms with Crippen LogP contribution in [0.2, 0.25) is 0 Å². The van der Waals surface area contributed by atoms with Crippen LogP contribution in [0.25, 0.3) is 0 Å². The molecule has 36 heavy (non-hydrogen) atoms. The standard InChI is InChI=1S/C28H39N3O4S/c1-6-25(28(33)29-24-12-7-8-13-24)30(18-23-11-9-10-20(2)16-23)27(32)19-31(36(5,34)35)26-17-21(3)14-15-22(26)4/h9-11,14-17,24-25H,6-8,12-13,18-19H2,1-5H3,(H,29,33).